The normalized spacial score (nSPS) is 14.0. The SMILES string of the molecule is O=C(Nc1ccccc1)N1CCN(c2cccc(-c3ccc(F)cc3F)n2)CC1. The molecule has 1 aromatic heterocycles. The highest BCUT2D eigenvalue weighted by atomic mass is 19.1. The number of hydrogen-bond donors (Lipinski definition) is 1. The van der Waals surface area contributed by atoms with Crippen LogP contribution in [-0.4, -0.2) is 42.1 Å². The van der Waals surface area contributed by atoms with Gasteiger partial charge in [0.05, 0.1) is 5.69 Å². The van der Waals surface area contributed by atoms with Gasteiger partial charge in [-0.05, 0) is 36.4 Å². The van der Waals surface area contributed by atoms with Gasteiger partial charge in [0, 0.05) is 43.5 Å². The van der Waals surface area contributed by atoms with E-state index in [1.807, 2.05) is 36.4 Å². The van der Waals surface area contributed by atoms with Crippen LogP contribution in [0.1, 0.15) is 0 Å². The number of halogens is 2. The maximum atomic E-state index is 14.1. The third-order valence-electron chi connectivity index (χ3n) is 4.86. The summed E-state index contributed by atoms with van der Waals surface area (Å²) in [7, 11) is 0. The molecule has 4 rings (SSSR count). The number of nitrogens with zero attached hydrogens (tertiary/aromatic N) is 3. The molecular formula is C22H20F2N4O. The first-order valence-electron chi connectivity index (χ1n) is 9.38. The summed E-state index contributed by atoms with van der Waals surface area (Å²) in [5, 5.41) is 2.89. The molecule has 0 radical (unpaired) electrons. The minimum Gasteiger partial charge on any atom is -0.353 e. The van der Waals surface area contributed by atoms with Crippen LogP contribution < -0.4 is 10.2 Å². The van der Waals surface area contributed by atoms with E-state index in [0.717, 1.165) is 11.8 Å². The molecule has 5 nitrogen and oxygen atoms in total. The van der Waals surface area contributed by atoms with Crippen molar-refractivity contribution in [3.05, 3.63) is 78.4 Å². The van der Waals surface area contributed by atoms with E-state index >= 15 is 0 Å². The Kier molecular flexibility index (Phi) is 5.37. The number of carbonyl (C=O) groups excluding carboxylic acids is 1. The van der Waals surface area contributed by atoms with E-state index < -0.39 is 11.6 Å². The predicted molar refractivity (Wildman–Crippen MR) is 109 cm³/mol. The highest BCUT2D eigenvalue weighted by Gasteiger charge is 2.22. The van der Waals surface area contributed by atoms with Gasteiger partial charge in [-0.25, -0.2) is 18.6 Å². The van der Waals surface area contributed by atoms with Gasteiger partial charge in [0.25, 0.3) is 0 Å². The Morgan fingerprint density at radius 3 is 2.38 bits per heavy atom. The van der Waals surface area contributed by atoms with Crippen molar-refractivity contribution in [2.45, 2.75) is 0 Å². The third kappa shape index (κ3) is 4.34. The molecular weight excluding hydrogens is 374 g/mol. The smallest absolute Gasteiger partial charge is 0.321 e. The first-order chi connectivity index (χ1) is 14.1. The molecule has 0 bridgehead atoms. The van der Waals surface area contributed by atoms with Gasteiger partial charge in [-0.15, -0.1) is 0 Å². The van der Waals surface area contributed by atoms with Gasteiger partial charge < -0.3 is 15.1 Å². The fraction of sp³-hybridized carbons (Fsp3) is 0.182. The second-order valence-corrected chi connectivity index (χ2v) is 6.78. The molecule has 1 aliphatic heterocycles. The molecule has 1 fully saturated rings. The van der Waals surface area contributed by atoms with Crippen molar-refractivity contribution in [3.8, 4) is 11.3 Å². The molecule has 2 heterocycles. The van der Waals surface area contributed by atoms with E-state index in [1.165, 1.54) is 12.1 Å². The first kappa shape index (κ1) is 18.9. The van der Waals surface area contributed by atoms with Crippen LogP contribution in [0.2, 0.25) is 0 Å². The maximum Gasteiger partial charge on any atom is 0.321 e. The fourth-order valence-corrected chi connectivity index (χ4v) is 3.31. The van der Waals surface area contributed by atoms with Gasteiger partial charge in [-0.1, -0.05) is 24.3 Å². The highest BCUT2D eigenvalue weighted by molar-refractivity contribution is 5.89. The van der Waals surface area contributed by atoms with Gasteiger partial charge in [-0.3, -0.25) is 0 Å². The number of para-hydroxylation sites is 1. The Morgan fingerprint density at radius 1 is 0.897 bits per heavy atom. The van der Waals surface area contributed by atoms with Crippen LogP contribution in [0.5, 0.6) is 0 Å². The van der Waals surface area contributed by atoms with Gasteiger partial charge in [0.1, 0.15) is 17.5 Å². The molecule has 0 aliphatic carbocycles. The molecule has 0 unspecified atom stereocenters. The van der Waals surface area contributed by atoms with Crippen molar-refractivity contribution in [2.75, 3.05) is 36.4 Å². The van der Waals surface area contributed by atoms with Gasteiger partial charge in [-0.2, -0.15) is 0 Å². The topological polar surface area (TPSA) is 48.5 Å². The lowest BCUT2D eigenvalue weighted by molar-refractivity contribution is 0.208. The number of rotatable bonds is 3. The third-order valence-corrected chi connectivity index (χ3v) is 4.86. The number of benzene rings is 2. The van der Waals surface area contributed by atoms with E-state index in [9.17, 15) is 13.6 Å². The van der Waals surface area contributed by atoms with Gasteiger partial charge in [0.15, 0.2) is 0 Å². The van der Waals surface area contributed by atoms with Crippen LogP contribution in [0.3, 0.4) is 0 Å². The molecule has 148 valence electrons. The average Bonchev–Trinajstić information content (AvgIpc) is 2.75. The Labute approximate surface area is 167 Å². The summed E-state index contributed by atoms with van der Waals surface area (Å²) in [4.78, 5) is 20.8. The summed E-state index contributed by atoms with van der Waals surface area (Å²) >= 11 is 0. The molecule has 2 aromatic carbocycles. The quantitative estimate of drug-likeness (QED) is 0.717. The second kappa shape index (κ2) is 8.26. The minimum absolute atomic E-state index is 0.133. The molecule has 7 heteroatoms. The molecule has 0 atom stereocenters. The summed E-state index contributed by atoms with van der Waals surface area (Å²) in [6.07, 6.45) is 0. The van der Waals surface area contributed by atoms with Crippen molar-refractivity contribution in [3.63, 3.8) is 0 Å². The lowest BCUT2D eigenvalue weighted by Crippen LogP contribution is -2.50. The van der Waals surface area contributed by atoms with Crippen LogP contribution >= 0.6 is 0 Å². The molecule has 2 amide bonds. The molecule has 0 saturated carbocycles. The molecule has 1 aliphatic rings. The van der Waals surface area contributed by atoms with Crippen LogP contribution in [-0.2, 0) is 0 Å². The zero-order valence-electron chi connectivity index (χ0n) is 15.7. The van der Waals surface area contributed by atoms with Crippen molar-refractivity contribution in [1.29, 1.82) is 0 Å². The number of aromatic nitrogens is 1. The number of carbonyl (C=O) groups is 1. The van der Waals surface area contributed by atoms with E-state index in [2.05, 4.69) is 15.2 Å². The van der Waals surface area contributed by atoms with Crippen LogP contribution in [0.25, 0.3) is 11.3 Å². The predicted octanol–water partition coefficient (Wildman–Crippen LogP) is 4.38. The zero-order chi connectivity index (χ0) is 20.2. The second-order valence-electron chi connectivity index (χ2n) is 6.78. The van der Waals surface area contributed by atoms with Crippen LogP contribution in [0, 0.1) is 11.6 Å². The summed E-state index contributed by atoms with van der Waals surface area (Å²) in [5.41, 5.74) is 1.47. The monoisotopic (exact) mass is 394 g/mol. The lowest BCUT2D eigenvalue weighted by atomic mass is 10.1. The highest BCUT2D eigenvalue weighted by Crippen LogP contribution is 2.24. The molecule has 29 heavy (non-hydrogen) atoms. The standard InChI is InChI=1S/C22H20F2N4O/c23-16-9-10-18(19(24)15-16)20-7-4-8-21(26-20)27-11-13-28(14-12-27)22(29)25-17-5-2-1-3-6-17/h1-10,15H,11-14H2,(H,25,29). The Morgan fingerprint density at radius 2 is 1.66 bits per heavy atom. The van der Waals surface area contributed by atoms with Gasteiger partial charge >= 0.3 is 6.03 Å². The molecule has 1 N–H and O–H groups in total. The summed E-state index contributed by atoms with van der Waals surface area (Å²) < 4.78 is 27.3. The number of nitrogens with one attached hydrogen (secondary N) is 1. The summed E-state index contributed by atoms with van der Waals surface area (Å²) in [5.74, 6) is -0.557. The Bertz CT molecular complexity index is 1000. The first-order valence-corrected chi connectivity index (χ1v) is 9.38. The van der Waals surface area contributed by atoms with Crippen molar-refractivity contribution in [2.24, 2.45) is 0 Å². The summed E-state index contributed by atoms with van der Waals surface area (Å²) in [6.45, 7) is 2.33. The van der Waals surface area contributed by atoms with Crippen molar-refractivity contribution in [1.82, 2.24) is 9.88 Å². The number of anilines is 2. The van der Waals surface area contributed by atoms with E-state index in [0.29, 0.717) is 37.7 Å². The number of urea groups is 1. The van der Waals surface area contributed by atoms with Crippen molar-refractivity contribution < 1.29 is 13.6 Å². The van der Waals surface area contributed by atoms with E-state index in [1.54, 1.807) is 17.0 Å². The Balaban J connectivity index is 1.42. The van der Waals surface area contributed by atoms with E-state index in [4.69, 9.17) is 0 Å². The lowest BCUT2D eigenvalue weighted by Gasteiger charge is -2.35. The van der Waals surface area contributed by atoms with Crippen molar-refractivity contribution >= 4 is 17.5 Å². The minimum atomic E-state index is -0.642. The van der Waals surface area contributed by atoms with E-state index in [-0.39, 0.29) is 11.6 Å². The largest absolute Gasteiger partial charge is 0.353 e. The van der Waals surface area contributed by atoms with Gasteiger partial charge in [0.2, 0.25) is 0 Å². The molecule has 3 aromatic rings. The number of piperazine rings is 1. The zero-order valence-corrected chi connectivity index (χ0v) is 15.7. The number of pyridine rings is 1. The molecule has 1 saturated heterocycles. The van der Waals surface area contributed by atoms with Crippen LogP contribution in [0.15, 0.2) is 66.7 Å². The maximum absolute atomic E-state index is 14.1. The number of amides is 2. The van der Waals surface area contributed by atoms with Crippen LogP contribution in [0.4, 0.5) is 25.1 Å². The Hall–Kier alpha value is -3.48. The molecule has 0 spiro atoms. The number of hydrogen-bond acceptors (Lipinski definition) is 3. The average molecular weight is 394 g/mol. The summed E-state index contributed by atoms with van der Waals surface area (Å²) in [6, 6.07) is 18.0. The fourth-order valence-electron chi connectivity index (χ4n) is 3.31.